The van der Waals surface area contributed by atoms with Crippen molar-refractivity contribution in [2.24, 2.45) is 0 Å². The number of aliphatic carboxylic acids is 1. The fourth-order valence-corrected chi connectivity index (χ4v) is 1.70. The van der Waals surface area contributed by atoms with Crippen molar-refractivity contribution in [2.45, 2.75) is 70.8 Å². The van der Waals surface area contributed by atoms with Gasteiger partial charge in [0.1, 0.15) is 0 Å². The van der Waals surface area contributed by atoms with Crippen LogP contribution in [0.2, 0.25) is 0 Å². The molecule has 0 aromatic heterocycles. The number of aliphatic hydroxyl groups is 1. The molecule has 0 aliphatic rings. The van der Waals surface area contributed by atoms with Crippen LogP contribution in [0.5, 0.6) is 0 Å². The number of hydrogen-bond donors (Lipinski definition) is 2. The molecule has 2 N–H and O–H groups in total. The molecule has 0 aliphatic heterocycles. The van der Waals surface area contributed by atoms with Crippen molar-refractivity contribution in [2.75, 3.05) is 0 Å². The van der Waals surface area contributed by atoms with Gasteiger partial charge in [-0.15, -0.1) is 11.8 Å². The molecule has 0 saturated carbocycles. The van der Waals surface area contributed by atoms with E-state index in [-0.39, 0.29) is 6.42 Å². The lowest BCUT2D eigenvalue weighted by molar-refractivity contribution is -0.137. The molecule has 0 heterocycles. The van der Waals surface area contributed by atoms with E-state index in [4.69, 9.17) is 5.11 Å². The van der Waals surface area contributed by atoms with Crippen molar-refractivity contribution < 1.29 is 15.0 Å². The Morgan fingerprint density at radius 2 is 1.95 bits per heavy atom. The third kappa shape index (κ3) is 16.4. The molecule has 0 spiro atoms. The Balaban J connectivity index is 3.60. The van der Waals surface area contributed by atoms with Crippen molar-refractivity contribution in [3.63, 3.8) is 0 Å². The number of aliphatic hydroxyl groups excluding tert-OH is 1. The molecule has 0 aromatic carbocycles. The van der Waals surface area contributed by atoms with Gasteiger partial charge in [0.2, 0.25) is 0 Å². The monoisotopic (exact) mass is 292 g/mol. The predicted molar refractivity (Wildman–Crippen MR) is 86.9 cm³/mol. The Labute approximate surface area is 128 Å². The lowest BCUT2D eigenvalue weighted by Crippen LogP contribution is -1.99. The molecule has 0 fully saturated rings. The molecule has 1 atom stereocenters. The summed E-state index contributed by atoms with van der Waals surface area (Å²) < 4.78 is 0. The van der Waals surface area contributed by atoms with E-state index in [1.165, 1.54) is 19.3 Å². The minimum absolute atomic E-state index is 0.154. The summed E-state index contributed by atoms with van der Waals surface area (Å²) in [4.78, 5) is 10.3. The lowest BCUT2D eigenvalue weighted by Gasteiger charge is -1.97. The normalized spacial score (nSPS) is 12.5. The Bertz CT molecular complexity index is 372. The van der Waals surface area contributed by atoms with E-state index < -0.39 is 12.1 Å². The second-order valence-corrected chi connectivity index (χ2v) is 5.00. The van der Waals surface area contributed by atoms with Gasteiger partial charge in [0.25, 0.3) is 0 Å². The van der Waals surface area contributed by atoms with Crippen LogP contribution in [-0.4, -0.2) is 22.3 Å². The van der Waals surface area contributed by atoms with Gasteiger partial charge in [-0.3, -0.25) is 4.79 Å². The van der Waals surface area contributed by atoms with Crippen LogP contribution in [0.4, 0.5) is 0 Å². The van der Waals surface area contributed by atoms with Gasteiger partial charge in [-0.05, 0) is 25.7 Å². The fraction of sp³-hybridized carbons (Fsp3) is 0.611. The van der Waals surface area contributed by atoms with E-state index in [0.717, 1.165) is 12.8 Å². The van der Waals surface area contributed by atoms with Crippen molar-refractivity contribution in [3.8, 4) is 11.8 Å². The van der Waals surface area contributed by atoms with Crippen LogP contribution in [0.25, 0.3) is 0 Å². The largest absolute Gasteiger partial charge is 0.481 e. The van der Waals surface area contributed by atoms with Crippen LogP contribution in [-0.2, 0) is 4.79 Å². The highest BCUT2D eigenvalue weighted by Gasteiger charge is 1.95. The molecular weight excluding hydrogens is 264 g/mol. The van der Waals surface area contributed by atoms with Crippen LogP contribution < -0.4 is 0 Å². The topological polar surface area (TPSA) is 57.5 Å². The maximum Gasteiger partial charge on any atom is 0.303 e. The lowest BCUT2D eigenvalue weighted by atomic mass is 10.2. The van der Waals surface area contributed by atoms with Gasteiger partial charge in [-0.1, -0.05) is 44.1 Å². The summed E-state index contributed by atoms with van der Waals surface area (Å²) in [5.41, 5.74) is 0. The van der Waals surface area contributed by atoms with Crippen LogP contribution in [0.1, 0.15) is 64.7 Å². The van der Waals surface area contributed by atoms with Gasteiger partial charge in [-0.25, -0.2) is 0 Å². The number of unbranched alkanes of at least 4 members (excludes halogenated alkanes) is 4. The zero-order valence-electron chi connectivity index (χ0n) is 13.1. The molecule has 1 unspecified atom stereocenters. The first-order chi connectivity index (χ1) is 10.2. The van der Waals surface area contributed by atoms with Crippen LogP contribution >= 0.6 is 0 Å². The van der Waals surface area contributed by atoms with Gasteiger partial charge in [0.15, 0.2) is 0 Å². The van der Waals surface area contributed by atoms with E-state index in [2.05, 4.69) is 30.9 Å². The Hall–Kier alpha value is -1.53. The third-order valence-corrected chi connectivity index (χ3v) is 2.90. The second kappa shape index (κ2) is 14.9. The molecular formula is C18H28O3. The summed E-state index contributed by atoms with van der Waals surface area (Å²) in [6.45, 7) is 2.20. The van der Waals surface area contributed by atoms with E-state index >= 15 is 0 Å². The van der Waals surface area contributed by atoms with Crippen molar-refractivity contribution >= 4 is 5.97 Å². The van der Waals surface area contributed by atoms with Gasteiger partial charge >= 0.3 is 5.97 Å². The van der Waals surface area contributed by atoms with Crippen LogP contribution in [0.3, 0.4) is 0 Å². The summed E-state index contributed by atoms with van der Waals surface area (Å²) in [7, 11) is 0. The minimum Gasteiger partial charge on any atom is -0.481 e. The molecule has 0 aliphatic carbocycles. The average Bonchev–Trinajstić information content (AvgIpc) is 2.45. The predicted octanol–water partition coefficient (Wildman–Crippen LogP) is 4.08. The molecule has 3 nitrogen and oxygen atoms in total. The van der Waals surface area contributed by atoms with Gasteiger partial charge in [0, 0.05) is 19.3 Å². The SMILES string of the molecule is CCCCC/C=C\C/C=C\C(O)CC#CCCCC(=O)O. The maximum atomic E-state index is 10.3. The summed E-state index contributed by atoms with van der Waals surface area (Å²) in [5, 5.41) is 18.1. The van der Waals surface area contributed by atoms with Gasteiger partial charge < -0.3 is 10.2 Å². The van der Waals surface area contributed by atoms with Gasteiger partial charge in [0.05, 0.1) is 6.10 Å². The molecule has 0 radical (unpaired) electrons. The first kappa shape index (κ1) is 19.5. The second-order valence-electron chi connectivity index (χ2n) is 5.00. The highest BCUT2D eigenvalue weighted by molar-refractivity contribution is 5.66. The highest BCUT2D eigenvalue weighted by atomic mass is 16.4. The van der Waals surface area contributed by atoms with E-state index in [9.17, 15) is 9.90 Å². The molecule has 0 aromatic rings. The number of hydrogen-bond acceptors (Lipinski definition) is 2. The van der Waals surface area contributed by atoms with Gasteiger partial charge in [-0.2, -0.15) is 0 Å². The third-order valence-electron chi connectivity index (χ3n) is 2.90. The summed E-state index contributed by atoms with van der Waals surface area (Å²) in [6.07, 6.45) is 14.9. The van der Waals surface area contributed by atoms with E-state index in [0.29, 0.717) is 19.3 Å². The number of carboxylic acids is 1. The van der Waals surface area contributed by atoms with E-state index in [1.54, 1.807) is 6.08 Å². The van der Waals surface area contributed by atoms with E-state index in [1.807, 2.05) is 6.08 Å². The first-order valence-electron chi connectivity index (χ1n) is 7.84. The zero-order chi connectivity index (χ0) is 15.8. The quantitative estimate of drug-likeness (QED) is 0.343. The summed E-state index contributed by atoms with van der Waals surface area (Å²) in [5.74, 6) is 4.96. The maximum absolute atomic E-state index is 10.3. The molecule has 3 heteroatoms. The summed E-state index contributed by atoms with van der Waals surface area (Å²) in [6, 6.07) is 0. The molecule has 21 heavy (non-hydrogen) atoms. The Kier molecular flexibility index (Phi) is 13.8. The molecule has 0 bridgehead atoms. The Morgan fingerprint density at radius 1 is 1.14 bits per heavy atom. The zero-order valence-corrected chi connectivity index (χ0v) is 13.1. The number of carbonyl (C=O) groups is 1. The summed E-state index contributed by atoms with van der Waals surface area (Å²) >= 11 is 0. The van der Waals surface area contributed by atoms with Crippen molar-refractivity contribution in [1.29, 1.82) is 0 Å². The number of rotatable bonds is 11. The van der Waals surface area contributed by atoms with Crippen LogP contribution in [0, 0.1) is 11.8 Å². The number of allylic oxidation sites excluding steroid dienone is 3. The van der Waals surface area contributed by atoms with Crippen molar-refractivity contribution in [1.82, 2.24) is 0 Å². The first-order valence-corrected chi connectivity index (χ1v) is 7.84. The fourth-order valence-electron chi connectivity index (χ4n) is 1.70. The minimum atomic E-state index is -0.789. The standard InChI is InChI=1S/C18H28O3/c1-2-3-4-5-6-7-8-11-14-17(19)15-12-9-10-13-16-18(20)21/h6-7,11,14,17,19H,2-5,8,10,13,15-16H2,1H3,(H,20,21)/b7-6-,14-11-. The smallest absolute Gasteiger partial charge is 0.303 e. The average molecular weight is 292 g/mol. The van der Waals surface area contributed by atoms with Crippen LogP contribution in [0.15, 0.2) is 24.3 Å². The highest BCUT2D eigenvalue weighted by Crippen LogP contribution is 2.01. The number of carboxylic acid groups (broad SMARTS) is 1. The molecule has 0 rings (SSSR count). The van der Waals surface area contributed by atoms with Crippen molar-refractivity contribution in [3.05, 3.63) is 24.3 Å². The molecule has 118 valence electrons. The molecule has 0 amide bonds. The molecule has 0 saturated heterocycles. The Morgan fingerprint density at radius 3 is 2.67 bits per heavy atom.